The van der Waals surface area contributed by atoms with Crippen molar-refractivity contribution < 1.29 is 14.6 Å². The Balaban J connectivity index is 1.88. The van der Waals surface area contributed by atoms with E-state index < -0.39 is 6.10 Å². The second-order valence-corrected chi connectivity index (χ2v) is 10.1. The van der Waals surface area contributed by atoms with Crippen molar-refractivity contribution in [2.24, 2.45) is 5.92 Å². The Labute approximate surface area is 204 Å². The van der Waals surface area contributed by atoms with Gasteiger partial charge in [-0.05, 0) is 55.6 Å². The van der Waals surface area contributed by atoms with Crippen LogP contribution in [0.15, 0.2) is 36.4 Å². The van der Waals surface area contributed by atoms with E-state index in [1.54, 1.807) is 0 Å². The molecule has 1 fully saturated rings. The Morgan fingerprint density at radius 2 is 1.84 bits per heavy atom. The third kappa shape index (κ3) is 8.72. The smallest absolute Gasteiger partial charge is 0.305 e. The lowest BCUT2D eigenvalue weighted by Gasteiger charge is -2.23. The maximum absolute atomic E-state index is 11.6. The van der Waals surface area contributed by atoms with E-state index in [1.165, 1.54) is 5.56 Å². The molecule has 2 rings (SSSR count). The number of halogens is 2. The van der Waals surface area contributed by atoms with E-state index in [0.29, 0.717) is 13.0 Å². The van der Waals surface area contributed by atoms with E-state index in [0.717, 1.165) is 63.4 Å². The molecule has 180 valence electrons. The molecule has 1 aromatic rings. The van der Waals surface area contributed by atoms with Crippen molar-refractivity contribution in [1.29, 1.82) is 0 Å². The molecular weight excluding hydrogens is 443 g/mol. The highest BCUT2D eigenvalue weighted by molar-refractivity contribution is 6.25. The molecule has 0 radical (unpaired) electrons. The van der Waals surface area contributed by atoms with Crippen LogP contribution >= 0.6 is 23.2 Å². The molecule has 0 heterocycles. The first kappa shape index (κ1) is 27.2. The monoisotopic (exact) mass is 482 g/mol. The summed E-state index contributed by atoms with van der Waals surface area (Å²) in [4.78, 5) is 11.6. The standard InChI is InChI=1S/C27H40Cl2O3/c1-3-5-8-12-25(30)20-14-16-21(17-15-20)27-22(23(28)19-24(27)29)11-9-6-7-10-13-26(31)32-18-4-2/h6,9,14-17,22-25,27,30H,3-5,7-8,10-13,18-19H2,1-2H3/b9-6-/t22-,23+,24+,25?,27+/m0/s1. The summed E-state index contributed by atoms with van der Waals surface area (Å²) in [6.07, 6.45) is 12.8. The van der Waals surface area contributed by atoms with Gasteiger partial charge in [-0.25, -0.2) is 0 Å². The Hall–Kier alpha value is -1.03. The van der Waals surface area contributed by atoms with Gasteiger partial charge in [0, 0.05) is 23.1 Å². The van der Waals surface area contributed by atoms with Crippen molar-refractivity contribution in [2.75, 3.05) is 6.61 Å². The van der Waals surface area contributed by atoms with Crippen molar-refractivity contribution in [3.63, 3.8) is 0 Å². The van der Waals surface area contributed by atoms with Crippen LogP contribution in [-0.4, -0.2) is 28.4 Å². The third-order valence-corrected chi connectivity index (χ3v) is 7.30. The van der Waals surface area contributed by atoms with Gasteiger partial charge in [-0.1, -0.05) is 69.5 Å². The number of hydrogen-bond donors (Lipinski definition) is 1. The number of aliphatic hydroxyl groups is 1. The van der Waals surface area contributed by atoms with E-state index in [9.17, 15) is 9.90 Å². The molecule has 5 atom stereocenters. The normalized spacial score (nSPS) is 24.2. The summed E-state index contributed by atoms with van der Waals surface area (Å²) in [6.45, 7) is 4.67. The number of unbranched alkanes of at least 4 members (excludes halogenated alkanes) is 3. The molecule has 0 spiro atoms. The van der Waals surface area contributed by atoms with Gasteiger partial charge < -0.3 is 9.84 Å². The second kappa shape index (κ2) is 15.0. The molecule has 1 saturated carbocycles. The number of ether oxygens (including phenoxy) is 1. The minimum Gasteiger partial charge on any atom is -0.466 e. The molecule has 1 N–H and O–H groups in total. The van der Waals surface area contributed by atoms with Crippen molar-refractivity contribution in [3.8, 4) is 0 Å². The Kier molecular flexibility index (Phi) is 12.7. The van der Waals surface area contributed by atoms with Gasteiger partial charge in [0.1, 0.15) is 0 Å². The summed E-state index contributed by atoms with van der Waals surface area (Å²) in [7, 11) is 0. The largest absolute Gasteiger partial charge is 0.466 e. The molecule has 32 heavy (non-hydrogen) atoms. The molecule has 3 nitrogen and oxygen atoms in total. The van der Waals surface area contributed by atoms with Gasteiger partial charge >= 0.3 is 5.97 Å². The maximum Gasteiger partial charge on any atom is 0.305 e. The molecule has 1 aromatic carbocycles. The predicted molar refractivity (Wildman–Crippen MR) is 135 cm³/mol. The number of rotatable bonds is 14. The molecule has 0 amide bonds. The lowest BCUT2D eigenvalue weighted by Crippen LogP contribution is -2.16. The quantitative estimate of drug-likeness (QED) is 0.128. The molecular formula is C27H40Cl2O3. The van der Waals surface area contributed by atoms with Crippen molar-refractivity contribution in [2.45, 2.75) is 101 Å². The Morgan fingerprint density at radius 1 is 1.09 bits per heavy atom. The van der Waals surface area contributed by atoms with Crippen molar-refractivity contribution >= 4 is 29.2 Å². The SMILES string of the molecule is CCCCCC(O)c1ccc([C@@H]2[C@@H](C/C=C\CCCC(=O)OCCC)[C@H](Cl)C[C@H]2Cl)cc1. The number of allylic oxidation sites excluding steroid dienone is 2. The van der Waals surface area contributed by atoms with Crippen LogP contribution in [0, 0.1) is 5.92 Å². The van der Waals surface area contributed by atoms with Crippen LogP contribution in [0.2, 0.25) is 0 Å². The van der Waals surface area contributed by atoms with Crippen LogP contribution in [0.25, 0.3) is 0 Å². The Bertz CT molecular complexity index is 689. The zero-order chi connectivity index (χ0) is 23.3. The third-order valence-electron chi connectivity index (χ3n) is 6.35. The summed E-state index contributed by atoms with van der Waals surface area (Å²) in [5.41, 5.74) is 2.18. The van der Waals surface area contributed by atoms with Crippen LogP contribution in [0.1, 0.15) is 101 Å². The van der Waals surface area contributed by atoms with Gasteiger partial charge in [0.2, 0.25) is 0 Å². The van der Waals surface area contributed by atoms with Gasteiger partial charge in [0.15, 0.2) is 0 Å². The molecule has 0 aliphatic heterocycles. The summed E-state index contributed by atoms with van der Waals surface area (Å²) in [6, 6.07) is 8.32. The van der Waals surface area contributed by atoms with Crippen LogP contribution in [0.5, 0.6) is 0 Å². The predicted octanol–water partition coefficient (Wildman–Crippen LogP) is 7.69. The minimum atomic E-state index is -0.398. The second-order valence-electron chi connectivity index (χ2n) is 8.96. The van der Waals surface area contributed by atoms with E-state index in [-0.39, 0.29) is 28.6 Å². The van der Waals surface area contributed by atoms with Crippen molar-refractivity contribution in [3.05, 3.63) is 47.5 Å². The Morgan fingerprint density at radius 3 is 2.53 bits per heavy atom. The lowest BCUT2D eigenvalue weighted by atomic mass is 9.85. The summed E-state index contributed by atoms with van der Waals surface area (Å²) in [5.74, 6) is 0.380. The number of esters is 1. The molecule has 1 unspecified atom stereocenters. The van der Waals surface area contributed by atoms with E-state index in [1.807, 2.05) is 19.1 Å². The number of carbonyl (C=O) groups is 1. The fourth-order valence-electron chi connectivity index (χ4n) is 4.50. The number of alkyl halides is 2. The summed E-state index contributed by atoms with van der Waals surface area (Å²) in [5, 5.41) is 10.5. The fourth-order valence-corrected chi connectivity index (χ4v) is 5.57. The molecule has 1 aliphatic carbocycles. The topological polar surface area (TPSA) is 46.5 Å². The first-order valence-corrected chi connectivity index (χ1v) is 13.2. The highest BCUT2D eigenvalue weighted by atomic mass is 35.5. The minimum absolute atomic E-state index is 0.0181. The zero-order valence-corrected chi connectivity index (χ0v) is 21.2. The average Bonchev–Trinajstić information content (AvgIpc) is 3.07. The van der Waals surface area contributed by atoms with Crippen LogP contribution in [0.4, 0.5) is 0 Å². The number of hydrogen-bond acceptors (Lipinski definition) is 3. The zero-order valence-electron chi connectivity index (χ0n) is 19.6. The van der Waals surface area contributed by atoms with Crippen LogP contribution < -0.4 is 0 Å². The summed E-state index contributed by atoms with van der Waals surface area (Å²) < 4.78 is 5.10. The van der Waals surface area contributed by atoms with Gasteiger partial charge in [0.05, 0.1) is 12.7 Å². The molecule has 1 aliphatic rings. The first-order valence-electron chi connectivity index (χ1n) is 12.3. The van der Waals surface area contributed by atoms with E-state index >= 15 is 0 Å². The maximum atomic E-state index is 11.6. The lowest BCUT2D eigenvalue weighted by molar-refractivity contribution is -0.143. The van der Waals surface area contributed by atoms with E-state index in [2.05, 4.69) is 31.2 Å². The molecule has 0 aromatic heterocycles. The average molecular weight is 484 g/mol. The van der Waals surface area contributed by atoms with Gasteiger partial charge in [-0.15, -0.1) is 23.2 Å². The number of aliphatic hydroxyl groups excluding tert-OH is 1. The first-order chi connectivity index (χ1) is 15.5. The molecule has 5 heteroatoms. The van der Waals surface area contributed by atoms with Crippen molar-refractivity contribution in [1.82, 2.24) is 0 Å². The van der Waals surface area contributed by atoms with Gasteiger partial charge in [-0.2, -0.15) is 0 Å². The van der Waals surface area contributed by atoms with Gasteiger partial charge in [-0.3, -0.25) is 4.79 Å². The summed E-state index contributed by atoms with van der Waals surface area (Å²) >= 11 is 13.4. The molecule has 0 bridgehead atoms. The highest BCUT2D eigenvalue weighted by Gasteiger charge is 2.41. The number of carbonyl (C=O) groups excluding carboxylic acids is 1. The highest BCUT2D eigenvalue weighted by Crippen LogP contribution is 2.47. The van der Waals surface area contributed by atoms with Crippen LogP contribution in [-0.2, 0) is 9.53 Å². The van der Waals surface area contributed by atoms with Gasteiger partial charge in [0.25, 0.3) is 0 Å². The number of benzene rings is 1. The fraction of sp³-hybridized carbons (Fsp3) is 0.667. The van der Waals surface area contributed by atoms with E-state index in [4.69, 9.17) is 27.9 Å². The molecule has 0 saturated heterocycles. The van der Waals surface area contributed by atoms with Crippen LogP contribution in [0.3, 0.4) is 0 Å².